The lowest BCUT2D eigenvalue weighted by atomic mass is 9.90. The Morgan fingerprint density at radius 1 is 0.178 bits per heavy atom. The molecule has 0 N–H and O–H groups in total. The van der Waals surface area contributed by atoms with Crippen LogP contribution in [0.5, 0.6) is 0 Å². The molecule has 0 spiro atoms. The molecule has 588 valence electrons. The van der Waals surface area contributed by atoms with Gasteiger partial charge in [-0.25, -0.2) is 18.3 Å². The van der Waals surface area contributed by atoms with Crippen molar-refractivity contribution in [2.45, 2.75) is 124 Å². The zero-order valence-electron chi connectivity index (χ0n) is 106. The van der Waals surface area contributed by atoms with Crippen molar-refractivity contribution in [2.75, 3.05) is 0 Å². The topological polar surface area (TPSA) is 15.5 Å². The lowest BCUT2D eigenvalue weighted by Gasteiger charge is -2.15. The molecule has 0 aliphatic rings. The Morgan fingerprint density at radius 3 is 0.915 bits per heavy atom. The fourth-order valence-corrected chi connectivity index (χ4v) is 15.1. The van der Waals surface area contributed by atoms with Crippen LogP contribution in [0.15, 0.2) is 304 Å². The Kier molecular flexibility index (Phi) is 14.4. The second-order valence-electron chi connectivity index (χ2n) is 29.6. The second-order valence-corrected chi connectivity index (χ2v) is 29.6. The maximum atomic E-state index is 8.29. The van der Waals surface area contributed by atoms with Gasteiger partial charge in [0, 0.05) is 123 Å². The van der Waals surface area contributed by atoms with E-state index in [-0.39, 0.29) is 106 Å². The van der Waals surface area contributed by atoms with E-state index in [4.69, 9.17) is 53.5 Å². The summed E-state index contributed by atoms with van der Waals surface area (Å²) in [6.07, 6.45) is 6.37. The van der Waals surface area contributed by atoms with E-state index in [1.165, 1.54) is 54.9 Å². The summed E-state index contributed by atoms with van der Waals surface area (Å²) in [5, 5.41) is 0. The summed E-state index contributed by atoms with van der Waals surface area (Å²) in [5.74, 6) is 0. The van der Waals surface area contributed by atoms with E-state index in [2.05, 4.69) is 6.07 Å². The van der Waals surface area contributed by atoms with E-state index in [9.17, 15) is 0 Å². The minimum Gasteiger partial charge on any atom is -0.201 e. The highest BCUT2D eigenvalue weighted by molar-refractivity contribution is 5.85. The van der Waals surface area contributed by atoms with E-state index in [0.717, 1.165) is 39.1 Å². The molecule has 4 nitrogen and oxygen atoms in total. The molecule has 0 aliphatic heterocycles. The number of aryl methyl sites for hydroxylation is 22. The highest BCUT2D eigenvalue weighted by atomic mass is 14.9. The molecule has 16 aromatic rings. The molecule has 118 heavy (non-hydrogen) atoms. The molecule has 4 heterocycles. The van der Waals surface area contributed by atoms with Gasteiger partial charge >= 0.3 is 0 Å². The Hall–Kier alpha value is -12.8. The Bertz CT molecular complexity index is 7860. The van der Waals surface area contributed by atoms with Crippen LogP contribution in [-0.2, 0) is 28.2 Å². The molecule has 0 unspecified atom stereocenters. The molecule has 0 amide bonds. The van der Waals surface area contributed by atoms with Gasteiger partial charge in [0.1, 0.15) is 28.2 Å². The quantitative estimate of drug-likeness (QED) is 0.108. The molecule has 0 saturated carbocycles. The first kappa shape index (κ1) is 46.8. The van der Waals surface area contributed by atoms with Gasteiger partial charge in [-0.2, -0.15) is 0 Å². The van der Waals surface area contributed by atoms with Crippen molar-refractivity contribution >= 4 is 0 Å². The molecular weight excluding hydrogens is 1430 g/mol. The van der Waals surface area contributed by atoms with Crippen molar-refractivity contribution in [3.63, 3.8) is 0 Å². The normalized spacial score (nSPS) is 17.2. The number of rotatable bonds is 12. The predicted octanol–water partition coefficient (Wildman–Crippen LogP) is 27.6. The molecule has 0 saturated heterocycles. The van der Waals surface area contributed by atoms with Crippen LogP contribution >= 0.6 is 0 Å². The second kappa shape index (κ2) is 36.2. The highest BCUT2D eigenvalue weighted by Crippen LogP contribution is 2.41. The van der Waals surface area contributed by atoms with Gasteiger partial charge in [0.2, 0.25) is 22.8 Å². The average Bonchev–Trinajstić information content (AvgIpc) is 0.707. The molecule has 0 aliphatic carbocycles. The Labute approximate surface area is 759 Å². The summed E-state index contributed by atoms with van der Waals surface area (Å²) in [6, 6.07) is 78.6. The van der Waals surface area contributed by atoms with Crippen LogP contribution in [0.4, 0.5) is 0 Å². The van der Waals surface area contributed by atoms with Crippen LogP contribution in [0.2, 0.25) is 0 Å². The van der Waals surface area contributed by atoms with Gasteiger partial charge in [-0.15, -0.1) is 0 Å². The van der Waals surface area contributed by atoms with Crippen LogP contribution in [0.1, 0.15) is 154 Å². The van der Waals surface area contributed by atoms with Crippen molar-refractivity contribution in [3.05, 3.63) is 404 Å². The van der Waals surface area contributed by atoms with Crippen molar-refractivity contribution in [3.8, 4) is 134 Å². The van der Waals surface area contributed by atoms with Gasteiger partial charge in [0.25, 0.3) is 0 Å². The third-order valence-corrected chi connectivity index (χ3v) is 21.3. The SMILES string of the molecule is [2H]C([2H])([2H])c1c[n+](C)c(-c2cc(-c3ccccc3C([2H])([2H])[2H])c(C([2H])([2H])[2H])cc2C)cc1-c1ccccc1.[2H]C([2H])([2H])c1ccccc1-c1cc(-c2cc(-c3ccccc3)cc[n+]2C)c(C)cc1C([2H])([2H])[2H].[2H]C([2H])([2H])c1ccccc1-c1cc(-c2cc(-c3ccccc3C([2H])([2H])[2H])c(C([2H])([2H])[2H])c[n+]2C)c(C)cc1C([2H])([2H])[2H].[2H]C([2H])([2H])c1ccccc1-c1ccc(C)c(-c2cc(-c3c(C([2H])([2H])[2H])cc(C)cc3C([2H])([2H])[2H])c(C([2H])([2H])[2H])c[n+]2C)c1. The van der Waals surface area contributed by atoms with Crippen LogP contribution in [0.25, 0.3) is 134 Å². The molecule has 0 atom stereocenters. The number of hydrogen-bond donors (Lipinski definition) is 0. The van der Waals surface area contributed by atoms with Crippen LogP contribution in [-0.4, -0.2) is 0 Å². The molecule has 4 aromatic heterocycles. The standard InChI is InChI=1S/C30H32N.C29H30N.C28H28N.C27H26N/c1-19-14-22(4)30(23(5)15-19)28-17-29(31(7)18-24(28)6)27-16-25(13-12-21(27)3)26-11-9-8-10-20(26)2;1-19-11-7-9-13-24(19)26-16-28(22(4)15-21(26)3)29-17-27(23(5)18-30(29)6)25-14-10-8-12-20(25)2;1-19-11-9-10-14-24(19)26-16-27(21(3)15-20(26)2)28-17-25(22(4)18-29(28)5)23-12-7-6-8-13-23;1-19-10-8-9-13-24(19)25-18-26(21(3)16-20(25)2)27-17-23(14-15-28(27)4)22-11-6-5-7-12-22/h8-18H,1-7H3;7-18H,1-6H3;6-18H,1-5H3;5-18H,1-4H3/q4*+1/i2D3,4D3,5D3,6D3;1D3,2D3,3D3,5D3;1D3,2D3,4D3;1D3,2D3. The maximum absolute atomic E-state index is 8.29. The lowest BCUT2D eigenvalue weighted by molar-refractivity contribution is -0.660. The number of hydrogen-bond acceptors (Lipinski definition) is 0. The summed E-state index contributed by atoms with van der Waals surface area (Å²) in [6.45, 7) is -23.9. The van der Waals surface area contributed by atoms with Gasteiger partial charge < -0.3 is 0 Å². The predicted molar refractivity (Wildman–Crippen MR) is 501 cm³/mol. The van der Waals surface area contributed by atoms with E-state index in [1.807, 2.05) is 111 Å². The van der Waals surface area contributed by atoms with E-state index < -0.39 is 89.1 Å². The van der Waals surface area contributed by atoms with Gasteiger partial charge in [-0.3, -0.25) is 0 Å². The first-order valence-electron chi connectivity index (χ1n) is 57.8. The third-order valence-electron chi connectivity index (χ3n) is 21.3. The van der Waals surface area contributed by atoms with Crippen LogP contribution in [0.3, 0.4) is 0 Å². The van der Waals surface area contributed by atoms with Crippen molar-refractivity contribution in [1.29, 1.82) is 0 Å². The average molecular weight is 1580 g/mol. The van der Waals surface area contributed by atoms with Gasteiger partial charge in [0.05, 0.1) is 0 Å². The Morgan fingerprint density at radius 2 is 0.500 bits per heavy atom. The zero-order valence-corrected chi connectivity index (χ0v) is 67.2. The molecule has 16 rings (SSSR count). The van der Waals surface area contributed by atoms with E-state index >= 15 is 0 Å². The minimum absolute atomic E-state index is 0.000258. The van der Waals surface area contributed by atoms with Gasteiger partial charge in [-0.1, -0.05) is 230 Å². The minimum atomic E-state index is -2.74. The van der Waals surface area contributed by atoms with E-state index in [1.54, 1.807) is 213 Å². The summed E-state index contributed by atoms with van der Waals surface area (Å²) >= 11 is 0. The Balaban J connectivity index is 0.000000174. The number of pyridine rings is 4. The molecule has 0 radical (unpaired) electrons. The van der Waals surface area contributed by atoms with Gasteiger partial charge in [0.15, 0.2) is 24.8 Å². The number of aromatic nitrogens is 4. The number of nitrogens with zero attached hydrogens (tertiary/aromatic N) is 4. The fraction of sp³-hybridized carbons (Fsp3) is 0.193. The zero-order chi connectivity index (χ0) is 116. The highest BCUT2D eigenvalue weighted by Gasteiger charge is 2.25. The monoisotopic (exact) mass is 1580 g/mol. The first-order valence-corrected chi connectivity index (χ1v) is 38.3. The largest absolute Gasteiger partial charge is 0.213 e. The first-order chi connectivity index (χ1) is 72.4. The van der Waals surface area contributed by atoms with Gasteiger partial charge in [-0.05, 0) is 315 Å². The maximum Gasteiger partial charge on any atom is 0.213 e. The molecule has 4 heteroatoms. The smallest absolute Gasteiger partial charge is 0.201 e. The van der Waals surface area contributed by atoms with Crippen molar-refractivity contribution in [1.82, 2.24) is 0 Å². The molecule has 0 bridgehead atoms. The summed E-state index contributed by atoms with van der Waals surface area (Å²) < 4.78 is 324. The van der Waals surface area contributed by atoms with Crippen molar-refractivity contribution in [2.24, 2.45) is 28.2 Å². The van der Waals surface area contributed by atoms with Crippen LogP contribution in [0, 0.1) is 124 Å². The van der Waals surface area contributed by atoms with Crippen molar-refractivity contribution < 1.29 is 71.7 Å². The fourth-order valence-electron chi connectivity index (χ4n) is 15.1. The number of benzene rings is 12. The molecule has 12 aromatic carbocycles. The van der Waals surface area contributed by atoms with E-state index in [0.29, 0.717) is 89.4 Å². The summed E-state index contributed by atoms with van der Waals surface area (Å²) in [4.78, 5) is 0. The third kappa shape index (κ3) is 18.1. The molecule has 0 fully saturated rings. The molecular formula is C114H116N4+4. The summed E-state index contributed by atoms with van der Waals surface area (Å²) in [7, 11) is 6.99. The summed E-state index contributed by atoms with van der Waals surface area (Å²) in [5.41, 5.74) is 15.2. The lowest BCUT2D eigenvalue weighted by Crippen LogP contribution is -2.31. The van der Waals surface area contributed by atoms with Crippen LogP contribution < -0.4 is 18.3 Å².